The zero-order valence-electron chi connectivity index (χ0n) is 18.4. The molecule has 1 aromatic carbocycles. The molecule has 3 N–H and O–H groups in total. The maximum Gasteiger partial charge on any atom is 0.161 e. The summed E-state index contributed by atoms with van der Waals surface area (Å²) in [5.41, 5.74) is 7.18. The summed E-state index contributed by atoms with van der Waals surface area (Å²) in [7, 11) is 1.69. The quantitative estimate of drug-likeness (QED) is 0.491. The molecule has 1 aliphatic carbocycles. The van der Waals surface area contributed by atoms with Crippen LogP contribution >= 0.6 is 0 Å². The molecule has 0 saturated heterocycles. The molecule has 4 heteroatoms. The van der Waals surface area contributed by atoms with Gasteiger partial charge in [-0.1, -0.05) is 45.6 Å². The SMILES string of the molecule is COc1cc(CCC(N)(CO)CC2CCC2)ccc1O[C@@H](C)CCCC(C)C. The van der Waals surface area contributed by atoms with Gasteiger partial charge in [-0.05, 0) is 68.6 Å². The first-order valence-corrected chi connectivity index (χ1v) is 11.1. The molecule has 0 bridgehead atoms. The Kier molecular flexibility index (Phi) is 9.10. The van der Waals surface area contributed by atoms with Gasteiger partial charge in [0.15, 0.2) is 11.5 Å². The third kappa shape index (κ3) is 7.29. The molecular formula is C24H41NO3. The minimum atomic E-state index is -0.474. The molecule has 0 spiro atoms. The van der Waals surface area contributed by atoms with Crippen LogP contribution in [0.4, 0.5) is 0 Å². The molecule has 0 aliphatic heterocycles. The van der Waals surface area contributed by atoms with Gasteiger partial charge in [-0.15, -0.1) is 0 Å². The monoisotopic (exact) mass is 391 g/mol. The van der Waals surface area contributed by atoms with Crippen LogP contribution in [0.5, 0.6) is 11.5 Å². The van der Waals surface area contributed by atoms with Crippen molar-refractivity contribution in [1.29, 1.82) is 0 Å². The Morgan fingerprint density at radius 2 is 1.93 bits per heavy atom. The van der Waals surface area contributed by atoms with Gasteiger partial charge in [0, 0.05) is 5.54 Å². The van der Waals surface area contributed by atoms with E-state index in [1.807, 2.05) is 6.07 Å². The third-order valence-corrected chi connectivity index (χ3v) is 6.09. The highest BCUT2D eigenvalue weighted by Crippen LogP contribution is 2.35. The van der Waals surface area contributed by atoms with Crippen LogP contribution in [-0.4, -0.2) is 30.5 Å². The summed E-state index contributed by atoms with van der Waals surface area (Å²) in [6, 6.07) is 6.16. The standard InChI is InChI=1S/C24H41NO3/c1-18(2)7-5-8-19(3)28-22-12-11-20(15-23(22)27-4)13-14-24(25,17-26)16-21-9-6-10-21/h11-12,15,18-19,21,26H,5-10,13-14,16-17,25H2,1-4H3/t19-,24?/m0/s1. The number of nitrogens with two attached hydrogens (primary N) is 1. The summed E-state index contributed by atoms with van der Waals surface area (Å²) < 4.78 is 11.7. The van der Waals surface area contributed by atoms with Crippen LogP contribution in [0.25, 0.3) is 0 Å². The molecule has 2 rings (SSSR count). The second-order valence-electron chi connectivity index (χ2n) is 9.26. The fourth-order valence-corrected chi connectivity index (χ4v) is 3.96. The molecule has 1 aromatic rings. The molecule has 1 saturated carbocycles. The Balaban J connectivity index is 1.90. The van der Waals surface area contributed by atoms with Crippen molar-refractivity contribution in [3.63, 3.8) is 0 Å². The maximum absolute atomic E-state index is 9.81. The zero-order chi connectivity index (χ0) is 20.6. The van der Waals surface area contributed by atoms with Crippen LogP contribution in [-0.2, 0) is 6.42 Å². The van der Waals surface area contributed by atoms with Gasteiger partial charge >= 0.3 is 0 Å². The highest BCUT2D eigenvalue weighted by Gasteiger charge is 2.30. The zero-order valence-corrected chi connectivity index (χ0v) is 18.4. The maximum atomic E-state index is 9.81. The first kappa shape index (κ1) is 23.0. The summed E-state index contributed by atoms with van der Waals surface area (Å²) in [6.45, 7) is 6.69. The molecule has 0 aromatic heterocycles. The van der Waals surface area contributed by atoms with E-state index in [1.165, 1.54) is 37.7 Å². The summed E-state index contributed by atoms with van der Waals surface area (Å²) >= 11 is 0. The minimum Gasteiger partial charge on any atom is -0.493 e. The lowest BCUT2D eigenvalue weighted by molar-refractivity contribution is 0.135. The Morgan fingerprint density at radius 3 is 2.50 bits per heavy atom. The lowest BCUT2D eigenvalue weighted by atomic mass is 9.75. The molecule has 2 atom stereocenters. The van der Waals surface area contributed by atoms with E-state index < -0.39 is 5.54 Å². The van der Waals surface area contributed by atoms with E-state index in [0.29, 0.717) is 5.92 Å². The molecule has 0 heterocycles. The molecular weight excluding hydrogens is 350 g/mol. The van der Waals surface area contributed by atoms with E-state index in [9.17, 15) is 5.11 Å². The topological polar surface area (TPSA) is 64.7 Å². The highest BCUT2D eigenvalue weighted by molar-refractivity contribution is 5.43. The third-order valence-electron chi connectivity index (χ3n) is 6.09. The van der Waals surface area contributed by atoms with Gasteiger partial charge in [0.25, 0.3) is 0 Å². The highest BCUT2D eigenvalue weighted by atomic mass is 16.5. The number of aliphatic hydroxyl groups excluding tert-OH is 1. The Morgan fingerprint density at radius 1 is 1.18 bits per heavy atom. The first-order valence-electron chi connectivity index (χ1n) is 11.1. The van der Waals surface area contributed by atoms with Crippen molar-refractivity contribution in [2.24, 2.45) is 17.6 Å². The second kappa shape index (κ2) is 11.1. The molecule has 4 nitrogen and oxygen atoms in total. The van der Waals surface area contributed by atoms with E-state index in [2.05, 4.69) is 32.9 Å². The number of hydrogen-bond donors (Lipinski definition) is 2. The van der Waals surface area contributed by atoms with Gasteiger partial charge < -0.3 is 20.3 Å². The van der Waals surface area contributed by atoms with Crippen LogP contribution in [0.2, 0.25) is 0 Å². The number of benzene rings is 1. The number of aryl methyl sites for hydroxylation is 1. The summed E-state index contributed by atoms with van der Waals surface area (Å²) in [6.07, 6.45) is 10.0. The minimum absolute atomic E-state index is 0.0513. The van der Waals surface area contributed by atoms with E-state index >= 15 is 0 Å². The van der Waals surface area contributed by atoms with Crippen molar-refractivity contribution in [2.45, 2.75) is 90.2 Å². The van der Waals surface area contributed by atoms with Crippen molar-refractivity contribution in [1.82, 2.24) is 0 Å². The largest absolute Gasteiger partial charge is 0.493 e. The van der Waals surface area contributed by atoms with Gasteiger partial charge in [0.1, 0.15) is 0 Å². The average Bonchev–Trinajstić information content (AvgIpc) is 2.63. The lowest BCUT2D eigenvalue weighted by Gasteiger charge is -2.35. The number of aliphatic hydroxyl groups is 1. The summed E-state index contributed by atoms with van der Waals surface area (Å²) in [4.78, 5) is 0. The number of rotatable bonds is 13. The smallest absolute Gasteiger partial charge is 0.161 e. The van der Waals surface area contributed by atoms with Crippen molar-refractivity contribution >= 4 is 0 Å². The Bertz CT molecular complexity index is 585. The van der Waals surface area contributed by atoms with Crippen molar-refractivity contribution in [3.8, 4) is 11.5 Å². The van der Waals surface area contributed by atoms with Crippen LogP contribution in [0.3, 0.4) is 0 Å². The van der Waals surface area contributed by atoms with Gasteiger partial charge in [-0.25, -0.2) is 0 Å². The second-order valence-corrected chi connectivity index (χ2v) is 9.26. The molecule has 1 unspecified atom stereocenters. The number of ether oxygens (including phenoxy) is 2. The lowest BCUT2D eigenvalue weighted by Crippen LogP contribution is -2.46. The molecule has 1 fully saturated rings. The fourth-order valence-electron chi connectivity index (χ4n) is 3.96. The Hall–Kier alpha value is -1.26. The van der Waals surface area contributed by atoms with Gasteiger partial charge in [-0.2, -0.15) is 0 Å². The van der Waals surface area contributed by atoms with E-state index in [0.717, 1.165) is 43.1 Å². The Labute approximate surface area is 171 Å². The fraction of sp³-hybridized carbons (Fsp3) is 0.750. The predicted molar refractivity (Wildman–Crippen MR) is 116 cm³/mol. The summed E-state index contributed by atoms with van der Waals surface area (Å²) in [5.74, 6) is 3.01. The molecule has 0 radical (unpaired) electrons. The average molecular weight is 392 g/mol. The van der Waals surface area contributed by atoms with Gasteiger partial charge in [0.2, 0.25) is 0 Å². The van der Waals surface area contributed by atoms with E-state index in [1.54, 1.807) is 7.11 Å². The summed E-state index contributed by atoms with van der Waals surface area (Å²) in [5, 5.41) is 9.81. The predicted octanol–water partition coefficient (Wildman–Crippen LogP) is 5.10. The molecule has 0 amide bonds. The molecule has 160 valence electrons. The normalized spacial score (nSPS) is 17.8. The number of hydrogen-bond acceptors (Lipinski definition) is 4. The van der Waals surface area contributed by atoms with Crippen molar-refractivity contribution in [3.05, 3.63) is 23.8 Å². The van der Waals surface area contributed by atoms with Gasteiger partial charge in [0.05, 0.1) is 19.8 Å². The van der Waals surface area contributed by atoms with Crippen LogP contribution in [0.1, 0.15) is 77.7 Å². The van der Waals surface area contributed by atoms with Crippen molar-refractivity contribution in [2.75, 3.05) is 13.7 Å². The first-order chi connectivity index (χ1) is 13.3. The van der Waals surface area contributed by atoms with Crippen LogP contribution < -0.4 is 15.2 Å². The van der Waals surface area contributed by atoms with Crippen LogP contribution in [0.15, 0.2) is 18.2 Å². The van der Waals surface area contributed by atoms with Crippen LogP contribution in [0, 0.1) is 11.8 Å². The van der Waals surface area contributed by atoms with E-state index in [4.69, 9.17) is 15.2 Å². The molecule has 1 aliphatic rings. The number of methoxy groups -OCH3 is 1. The molecule has 28 heavy (non-hydrogen) atoms. The van der Waals surface area contributed by atoms with Gasteiger partial charge in [-0.3, -0.25) is 0 Å². The van der Waals surface area contributed by atoms with Crippen molar-refractivity contribution < 1.29 is 14.6 Å². The van der Waals surface area contributed by atoms with E-state index in [-0.39, 0.29) is 12.7 Å².